The number of halogens is 3. The molecule has 0 atom stereocenters. The predicted octanol–water partition coefficient (Wildman–Crippen LogP) is 4.45. The monoisotopic (exact) mass is 491 g/mol. The minimum atomic E-state index is -4.88. The van der Waals surface area contributed by atoms with E-state index >= 15 is 0 Å². The Balaban J connectivity index is 1.90. The molecule has 0 spiro atoms. The standard InChI is InChI=1S/C23H20F3N3O6/c1-12-8-19(34-18-7-5-14(10-20(18)33-3)35-23(24,25)26)16(11-28-12)22(31)29-13-4-6-17(32-2)15(9-13)21(27)30/h4-11H,1-3H3,(H2,27,30)(H,29,31). The van der Waals surface area contributed by atoms with Crippen molar-refractivity contribution in [1.29, 1.82) is 0 Å². The van der Waals surface area contributed by atoms with Crippen LogP contribution in [0.4, 0.5) is 18.9 Å². The van der Waals surface area contributed by atoms with E-state index in [9.17, 15) is 22.8 Å². The van der Waals surface area contributed by atoms with Crippen LogP contribution in [0.25, 0.3) is 0 Å². The highest BCUT2D eigenvalue weighted by Gasteiger charge is 2.31. The number of primary amides is 1. The Labute approximate surface area is 197 Å². The third-order valence-electron chi connectivity index (χ3n) is 4.56. The van der Waals surface area contributed by atoms with Gasteiger partial charge in [0.2, 0.25) is 0 Å². The van der Waals surface area contributed by atoms with Crippen LogP contribution < -0.4 is 30.0 Å². The summed E-state index contributed by atoms with van der Waals surface area (Å²) in [4.78, 5) is 28.7. The van der Waals surface area contributed by atoms with Gasteiger partial charge in [0, 0.05) is 29.7 Å². The van der Waals surface area contributed by atoms with Crippen LogP contribution in [-0.2, 0) is 0 Å². The number of hydrogen-bond acceptors (Lipinski definition) is 7. The van der Waals surface area contributed by atoms with Crippen molar-refractivity contribution in [3.63, 3.8) is 0 Å². The van der Waals surface area contributed by atoms with Gasteiger partial charge in [-0.05, 0) is 37.3 Å². The Bertz CT molecular complexity index is 1260. The van der Waals surface area contributed by atoms with Gasteiger partial charge in [0.1, 0.15) is 22.8 Å². The predicted molar refractivity (Wildman–Crippen MR) is 118 cm³/mol. The SMILES string of the molecule is COc1cc(OC(F)(F)F)ccc1Oc1cc(C)ncc1C(=O)Nc1ccc(OC)c(C(N)=O)c1. The molecule has 184 valence electrons. The molecule has 1 aromatic heterocycles. The van der Waals surface area contributed by atoms with E-state index in [4.69, 9.17) is 19.9 Å². The molecule has 12 heteroatoms. The van der Waals surface area contributed by atoms with Crippen molar-refractivity contribution in [2.24, 2.45) is 5.73 Å². The lowest BCUT2D eigenvalue weighted by molar-refractivity contribution is -0.274. The molecule has 0 aliphatic carbocycles. The summed E-state index contributed by atoms with van der Waals surface area (Å²) >= 11 is 0. The normalized spacial score (nSPS) is 10.9. The second kappa shape index (κ2) is 10.2. The number of pyridine rings is 1. The maximum absolute atomic E-state index is 13.0. The Morgan fingerprint density at radius 2 is 1.60 bits per heavy atom. The van der Waals surface area contributed by atoms with E-state index < -0.39 is 23.9 Å². The fraction of sp³-hybridized carbons (Fsp3) is 0.174. The second-order valence-corrected chi connectivity index (χ2v) is 7.02. The van der Waals surface area contributed by atoms with E-state index in [2.05, 4.69) is 15.0 Å². The number of alkyl halides is 3. The highest BCUT2D eigenvalue weighted by atomic mass is 19.4. The Kier molecular flexibility index (Phi) is 7.33. The number of benzene rings is 2. The van der Waals surface area contributed by atoms with Crippen molar-refractivity contribution >= 4 is 17.5 Å². The number of aryl methyl sites for hydroxylation is 1. The van der Waals surface area contributed by atoms with Crippen LogP contribution >= 0.6 is 0 Å². The number of nitrogens with zero attached hydrogens (tertiary/aromatic N) is 1. The largest absolute Gasteiger partial charge is 0.573 e. The molecule has 0 bridgehead atoms. The van der Waals surface area contributed by atoms with Crippen molar-refractivity contribution in [2.75, 3.05) is 19.5 Å². The van der Waals surface area contributed by atoms with Crippen LogP contribution in [0, 0.1) is 6.92 Å². The number of methoxy groups -OCH3 is 2. The average molecular weight is 491 g/mol. The van der Waals surface area contributed by atoms with Gasteiger partial charge in [-0.15, -0.1) is 13.2 Å². The first-order chi connectivity index (χ1) is 16.5. The van der Waals surface area contributed by atoms with Gasteiger partial charge in [-0.2, -0.15) is 0 Å². The van der Waals surface area contributed by atoms with Crippen LogP contribution in [0.3, 0.4) is 0 Å². The topological polar surface area (TPSA) is 122 Å². The minimum absolute atomic E-state index is 0.00436. The molecular weight excluding hydrogens is 471 g/mol. The van der Waals surface area contributed by atoms with Gasteiger partial charge < -0.3 is 30.0 Å². The zero-order chi connectivity index (χ0) is 25.8. The van der Waals surface area contributed by atoms with Gasteiger partial charge in [-0.3, -0.25) is 14.6 Å². The Morgan fingerprint density at radius 1 is 0.914 bits per heavy atom. The summed E-state index contributed by atoms with van der Waals surface area (Å²) in [6, 6.07) is 9.05. The van der Waals surface area contributed by atoms with Crippen LogP contribution in [0.15, 0.2) is 48.7 Å². The van der Waals surface area contributed by atoms with Gasteiger partial charge in [0.05, 0.1) is 19.8 Å². The lowest BCUT2D eigenvalue weighted by Gasteiger charge is -2.16. The molecule has 35 heavy (non-hydrogen) atoms. The van der Waals surface area contributed by atoms with E-state index in [0.717, 1.165) is 12.1 Å². The first-order valence-electron chi connectivity index (χ1n) is 9.88. The number of rotatable bonds is 8. The van der Waals surface area contributed by atoms with Crippen molar-refractivity contribution in [3.8, 4) is 28.7 Å². The van der Waals surface area contributed by atoms with Crippen molar-refractivity contribution < 1.29 is 41.7 Å². The van der Waals surface area contributed by atoms with Crippen LogP contribution in [-0.4, -0.2) is 37.4 Å². The van der Waals surface area contributed by atoms with Gasteiger partial charge in [-0.1, -0.05) is 0 Å². The van der Waals surface area contributed by atoms with Gasteiger partial charge >= 0.3 is 6.36 Å². The number of nitrogens with two attached hydrogens (primary N) is 1. The lowest BCUT2D eigenvalue weighted by atomic mass is 10.1. The fourth-order valence-corrected chi connectivity index (χ4v) is 3.01. The number of amides is 2. The molecule has 9 nitrogen and oxygen atoms in total. The summed E-state index contributed by atoms with van der Waals surface area (Å²) in [5.41, 5.74) is 6.18. The molecule has 3 aromatic rings. The third-order valence-corrected chi connectivity index (χ3v) is 4.56. The number of nitrogens with one attached hydrogen (secondary N) is 1. The number of carbonyl (C=O) groups is 2. The highest BCUT2D eigenvalue weighted by molar-refractivity contribution is 6.07. The summed E-state index contributed by atoms with van der Waals surface area (Å²) in [6.45, 7) is 1.66. The van der Waals surface area contributed by atoms with Gasteiger partial charge in [0.25, 0.3) is 11.8 Å². The van der Waals surface area contributed by atoms with E-state index in [1.807, 2.05) is 0 Å². The van der Waals surface area contributed by atoms with E-state index in [-0.39, 0.29) is 39.8 Å². The Hall–Kier alpha value is -4.48. The number of anilines is 1. The third kappa shape index (κ3) is 6.31. The molecule has 0 saturated carbocycles. The molecule has 0 unspecified atom stereocenters. The zero-order valence-corrected chi connectivity index (χ0v) is 18.7. The summed E-state index contributed by atoms with van der Waals surface area (Å²) in [6.07, 6.45) is -3.61. The molecule has 0 aliphatic rings. The molecule has 2 aromatic carbocycles. The molecule has 0 radical (unpaired) electrons. The quantitative estimate of drug-likeness (QED) is 0.477. The molecule has 0 fully saturated rings. The average Bonchev–Trinajstić information content (AvgIpc) is 2.79. The minimum Gasteiger partial charge on any atom is -0.496 e. The number of hydrogen-bond donors (Lipinski definition) is 2. The molecule has 0 aliphatic heterocycles. The van der Waals surface area contributed by atoms with E-state index in [1.165, 1.54) is 50.7 Å². The van der Waals surface area contributed by atoms with E-state index in [0.29, 0.717) is 5.69 Å². The summed E-state index contributed by atoms with van der Waals surface area (Å²) < 4.78 is 57.4. The Morgan fingerprint density at radius 3 is 2.23 bits per heavy atom. The fourth-order valence-electron chi connectivity index (χ4n) is 3.01. The molecule has 1 heterocycles. The zero-order valence-electron chi connectivity index (χ0n) is 18.7. The lowest BCUT2D eigenvalue weighted by Crippen LogP contribution is -2.17. The van der Waals surface area contributed by atoms with Crippen molar-refractivity contribution in [3.05, 3.63) is 65.5 Å². The van der Waals surface area contributed by atoms with Crippen LogP contribution in [0.1, 0.15) is 26.4 Å². The molecule has 0 saturated heterocycles. The highest BCUT2D eigenvalue weighted by Crippen LogP contribution is 2.37. The van der Waals surface area contributed by atoms with Crippen LogP contribution in [0.5, 0.6) is 28.7 Å². The number of aromatic nitrogens is 1. The van der Waals surface area contributed by atoms with Crippen molar-refractivity contribution in [1.82, 2.24) is 4.98 Å². The van der Waals surface area contributed by atoms with Gasteiger partial charge in [0.15, 0.2) is 11.5 Å². The van der Waals surface area contributed by atoms with Crippen LogP contribution in [0.2, 0.25) is 0 Å². The maximum Gasteiger partial charge on any atom is 0.573 e. The molecule has 3 N–H and O–H groups in total. The van der Waals surface area contributed by atoms with Crippen molar-refractivity contribution in [2.45, 2.75) is 13.3 Å². The van der Waals surface area contributed by atoms with Gasteiger partial charge in [-0.25, -0.2) is 0 Å². The number of carbonyl (C=O) groups excluding carboxylic acids is 2. The molecule has 2 amide bonds. The number of ether oxygens (including phenoxy) is 4. The second-order valence-electron chi connectivity index (χ2n) is 7.02. The van der Waals surface area contributed by atoms with E-state index in [1.54, 1.807) is 6.92 Å². The summed E-state index contributed by atoms with van der Waals surface area (Å²) in [7, 11) is 2.61. The summed E-state index contributed by atoms with van der Waals surface area (Å²) in [5.74, 6) is -1.62. The smallest absolute Gasteiger partial charge is 0.496 e. The first-order valence-corrected chi connectivity index (χ1v) is 9.88. The first kappa shape index (κ1) is 25.1. The molecule has 3 rings (SSSR count). The maximum atomic E-state index is 13.0. The molecular formula is C23H20F3N3O6. The summed E-state index contributed by atoms with van der Waals surface area (Å²) in [5, 5.41) is 2.62.